The van der Waals surface area contributed by atoms with Gasteiger partial charge in [-0.25, -0.2) is 13.1 Å². The third-order valence-electron chi connectivity index (χ3n) is 1.68. The van der Waals surface area contributed by atoms with Gasteiger partial charge in [0.1, 0.15) is 0 Å². The van der Waals surface area contributed by atoms with Gasteiger partial charge in [0, 0.05) is 11.6 Å². The van der Waals surface area contributed by atoms with Crippen molar-refractivity contribution in [3.8, 4) is 0 Å². The average Bonchev–Trinajstić information content (AvgIpc) is 2.17. The minimum absolute atomic E-state index is 0.0139. The van der Waals surface area contributed by atoms with Gasteiger partial charge in [-0.2, -0.15) is 0 Å². The van der Waals surface area contributed by atoms with E-state index in [-0.39, 0.29) is 16.9 Å². The van der Waals surface area contributed by atoms with Gasteiger partial charge in [0.05, 0.1) is 11.3 Å². The molecular weight excluding hydrogens is 218 g/mol. The molecule has 0 bridgehead atoms. The fraction of sp³-hybridized carbons (Fsp3) is 0.222. The maximum atomic E-state index is 11.3. The van der Waals surface area contributed by atoms with E-state index in [1.807, 2.05) is 0 Å². The van der Waals surface area contributed by atoms with Crippen LogP contribution in [-0.4, -0.2) is 26.5 Å². The molecule has 1 rings (SSSR count). The first-order chi connectivity index (χ1) is 6.95. The lowest BCUT2D eigenvalue weighted by molar-refractivity contribution is -0.136. The summed E-state index contributed by atoms with van der Waals surface area (Å²) in [6.07, 6.45) is -0.274. The topological polar surface area (TPSA) is 83.5 Å². The number of rotatable bonds is 4. The molecule has 0 aliphatic carbocycles. The van der Waals surface area contributed by atoms with E-state index in [2.05, 4.69) is 16.9 Å². The Balaban J connectivity index is 3.08. The lowest BCUT2D eigenvalue weighted by Gasteiger charge is -2.01. The molecule has 0 fully saturated rings. The van der Waals surface area contributed by atoms with Gasteiger partial charge in [-0.05, 0) is 13.1 Å². The highest BCUT2D eigenvalue weighted by molar-refractivity contribution is 7.89. The maximum Gasteiger partial charge on any atom is 0.308 e. The van der Waals surface area contributed by atoms with Gasteiger partial charge in [0.15, 0.2) is 0 Å². The molecule has 0 atom stereocenters. The van der Waals surface area contributed by atoms with E-state index in [1.165, 1.54) is 19.2 Å². The zero-order chi connectivity index (χ0) is 11.5. The van der Waals surface area contributed by atoms with Crippen molar-refractivity contribution in [2.24, 2.45) is 0 Å². The number of nitrogens with one attached hydrogen (secondary N) is 1. The van der Waals surface area contributed by atoms with Crippen LogP contribution in [0.15, 0.2) is 17.0 Å². The zero-order valence-corrected chi connectivity index (χ0v) is 8.76. The number of carbonyl (C=O) groups is 1. The van der Waals surface area contributed by atoms with E-state index in [1.54, 1.807) is 0 Å². The lowest BCUT2D eigenvalue weighted by Crippen LogP contribution is -2.18. The third-order valence-corrected chi connectivity index (χ3v) is 3.08. The summed E-state index contributed by atoms with van der Waals surface area (Å²) in [5.41, 5.74) is 0.277. The van der Waals surface area contributed by atoms with Crippen LogP contribution in [0.4, 0.5) is 0 Å². The standard InChI is InChI=1S/C9H9NO4S/c1-10-15(13,14)8-4-2-3-7(5-8)6-9(11)12/h4-5,10H,6H2,1H3,(H,11,12). The van der Waals surface area contributed by atoms with Crippen molar-refractivity contribution in [2.45, 2.75) is 11.3 Å². The van der Waals surface area contributed by atoms with E-state index in [9.17, 15) is 13.2 Å². The summed E-state index contributed by atoms with van der Waals surface area (Å²) in [7, 11) is -2.27. The fourth-order valence-corrected chi connectivity index (χ4v) is 1.73. The molecule has 1 aromatic carbocycles. The number of carboxylic acids is 1. The molecular formula is C9H9NO4S. The van der Waals surface area contributed by atoms with Crippen molar-refractivity contribution in [1.29, 1.82) is 0 Å². The van der Waals surface area contributed by atoms with Gasteiger partial charge < -0.3 is 5.11 Å². The summed E-state index contributed by atoms with van der Waals surface area (Å²) in [6, 6.07) is 7.50. The lowest BCUT2D eigenvalue weighted by atomic mass is 10.2. The molecule has 0 spiro atoms. The number of carboxylic acid groups (broad SMARTS) is 1. The minimum atomic E-state index is -3.55. The molecule has 80 valence electrons. The molecule has 1 aromatic rings. The Kier molecular flexibility index (Phi) is 3.29. The molecule has 0 aliphatic rings. The molecule has 6 heteroatoms. The Morgan fingerprint density at radius 3 is 2.80 bits per heavy atom. The first-order valence-electron chi connectivity index (χ1n) is 4.03. The number of sulfonamides is 1. The Bertz CT molecular complexity index is 467. The summed E-state index contributed by atoms with van der Waals surface area (Å²) < 4.78 is 24.8. The van der Waals surface area contributed by atoms with Gasteiger partial charge in [-0.3, -0.25) is 4.79 Å². The van der Waals surface area contributed by atoms with Gasteiger partial charge in [-0.15, -0.1) is 0 Å². The van der Waals surface area contributed by atoms with Crippen LogP contribution in [0.1, 0.15) is 5.56 Å². The second-order valence-corrected chi connectivity index (χ2v) is 4.65. The maximum absolute atomic E-state index is 11.3. The van der Waals surface area contributed by atoms with Gasteiger partial charge in [0.2, 0.25) is 10.0 Å². The fourth-order valence-electron chi connectivity index (χ4n) is 0.981. The predicted molar refractivity (Wildman–Crippen MR) is 51.7 cm³/mol. The van der Waals surface area contributed by atoms with Gasteiger partial charge >= 0.3 is 5.97 Å². The second kappa shape index (κ2) is 4.29. The zero-order valence-electron chi connectivity index (χ0n) is 7.94. The number of hydrogen-bond acceptors (Lipinski definition) is 3. The first-order valence-corrected chi connectivity index (χ1v) is 5.51. The predicted octanol–water partition coefficient (Wildman–Crippen LogP) is -0.178. The van der Waals surface area contributed by atoms with Crippen molar-refractivity contribution in [3.63, 3.8) is 0 Å². The van der Waals surface area contributed by atoms with E-state index in [4.69, 9.17) is 5.11 Å². The molecule has 15 heavy (non-hydrogen) atoms. The Hall–Kier alpha value is -1.58. The van der Waals surface area contributed by atoms with Crippen LogP contribution in [0, 0.1) is 12.1 Å². The largest absolute Gasteiger partial charge is 0.481 e. The van der Waals surface area contributed by atoms with Crippen LogP contribution in [0.3, 0.4) is 0 Å². The molecule has 0 saturated heterocycles. The summed E-state index contributed by atoms with van der Waals surface area (Å²) in [5.74, 6) is -1.04. The highest BCUT2D eigenvalue weighted by atomic mass is 32.2. The highest BCUT2D eigenvalue weighted by Crippen LogP contribution is 2.08. The Labute approximate surface area is 87.8 Å². The van der Waals surface area contributed by atoms with Gasteiger partial charge in [-0.1, -0.05) is 12.1 Å². The van der Waals surface area contributed by atoms with Crippen molar-refractivity contribution >= 4 is 16.0 Å². The smallest absolute Gasteiger partial charge is 0.308 e. The highest BCUT2D eigenvalue weighted by Gasteiger charge is 2.11. The minimum Gasteiger partial charge on any atom is -0.481 e. The van der Waals surface area contributed by atoms with E-state index < -0.39 is 16.0 Å². The third kappa shape index (κ3) is 2.94. The van der Waals surface area contributed by atoms with Crippen LogP contribution < -0.4 is 4.72 Å². The molecule has 0 aliphatic heterocycles. The van der Waals surface area contributed by atoms with E-state index in [0.717, 1.165) is 0 Å². The van der Waals surface area contributed by atoms with Crippen LogP contribution >= 0.6 is 0 Å². The first kappa shape index (κ1) is 11.5. The Morgan fingerprint density at radius 1 is 1.60 bits per heavy atom. The van der Waals surface area contributed by atoms with Crippen molar-refractivity contribution in [3.05, 3.63) is 29.8 Å². The summed E-state index contributed by atoms with van der Waals surface area (Å²) in [4.78, 5) is 10.4. The molecule has 0 saturated carbocycles. The van der Waals surface area contributed by atoms with Crippen molar-refractivity contribution < 1.29 is 18.3 Å². The summed E-state index contributed by atoms with van der Waals surface area (Å²) >= 11 is 0. The van der Waals surface area contributed by atoms with Crippen molar-refractivity contribution in [1.82, 2.24) is 4.72 Å². The monoisotopic (exact) mass is 227 g/mol. The van der Waals surface area contributed by atoms with Crippen LogP contribution in [0.25, 0.3) is 0 Å². The molecule has 2 N–H and O–H groups in total. The van der Waals surface area contributed by atoms with Crippen molar-refractivity contribution in [2.75, 3.05) is 7.05 Å². The summed E-state index contributed by atoms with van der Waals surface area (Å²) in [6.45, 7) is 0. The second-order valence-electron chi connectivity index (χ2n) is 2.76. The molecule has 0 heterocycles. The van der Waals surface area contributed by atoms with Gasteiger partial charge in [0.25, 0.3) is 0 Å². The molecule has 0 unspecified atom stereocenters. The molecule has 0 radical (unpaired) electrons. The number of aliphatic carboxylic acids is 1. The van der Waals surface area contributed by atoms with E-state index >= 15 is 0 Å². The molecule has 0 amide bonds. The quantitative estimate of drug-likeness (QED) is 0.747. The molecule has 0 aromatic heterocycles. The van der Waals surface area contributed by atoms with Crippen LogP contribution in [0.5, 0.6) is 0 Å². The van der Waals surface area contributed by atoms with Crippen LogP contribution in [0.2, 0.25) is 0 Å². The van der Waals surface area contributed by atoms with E-state index in [0.29, 0.717) is 0 Å². The normalized spacial score (nSPS) is 10.7. The average molecular weight is 227 g/mol. The summed E-state index contributed by atoms with van der Waals surface area (Å²) in [5, 5.41) is 8.52. The van der Waals surface area contributed by atoms with Crippen LogP contribution in [-0.2, 0) is 21.2 Å². The Morgan fingerprint density at radius 2 is 2.27 bits per heavy atom. The SMILES string of the molecule is CNS(=O)(=O)c1cc#cc(CC(=O)O)c1. The molecule has 5 nitrogen and oxygen atoms in total. The number of hydrogen-bond donors (Lipinski definition) is 2.